The fraction of sp³-hybridized carbons (Fsp3) is 0.429. The van der Waals surface area contributed by atoms with Crippen molar-refractivity contribution in [1.82, 2.24) is 20.1 Å². The number of hydrogen-bond donors (Lipinski definition) is 1. The second-order valence-corrected chi connectivity index (χ2v) is 5.76. The minimum atomic E-state index is -4.40. The molecule has 2 aromatic heterocycles. The van der Waals surface area contributed by atoms with Crippen molar-refractivity contribution in [3.63, 3.8) is 0 Å². The first-order valence-electron chi connectivity index (χ1n) is 6.48. The molecule has 114 valence electrons. The zero-order chi connectivity index (χ0) is 15.7. The summed E-state index contributed by atoms with van der Waals surface area (Å²) < 4.78 is 38.8. The first kappa shape index (κ1) is 15.5. The summed E-state index contributed by atoms with van der Waals surface area (Å²) >= 11 is 0. The van der Waals surface area contributed by atoms with Crippen LogP contribution in [0.4, 0.5) is 13.2 Å². The van der Waals surface area contributed by atoms with E-state index in [1.54, 1.807) is 12.1 Å². The zero-order valence-corrected chi connectivity index (χ0v) is 12.1. The molecule has 0 aromatic carbocycles. The molecule has 2 rings (SSSR count). The van der Waals surface area contributed by atoms with Gasteiger partial charge >= 0.3 is 6.18 Å². The molecule has 0 aliphatic rings. The van der Waals surface area contributed by atoms with Gasteiger partial charge in [-0.25, -0.2) is 9.67 Å². The smallest absolute Gasteiger partial charge is 0.306 e. The highest BCUT2D eigenvalue weighted by Crippen LogP contribution is 2.28. The molecule has 0 saturated carbocycles. The maximum atomic E-state index is 12.6. The Bertz CT molecular complexity index is 611. The van der Waals surface area contributed by atoms with Gasteiger partial charge in [0.25, 0.3) is 0 Å². The SMILES string of the molecule is CC(C)(C)NCc1cccc(-n2cc(C(F)(F)F)cn2)n1. The molecule has 4 nitrogen and oxygen atoms in total. The van der Waals surface area contributed by atoms with Gasteiger partial charge in [0, 0.05) is 18.3 Å². The van der Waals surface area contributed by atoms with E-state index in [0.717, 1.165) is 22.8 Å². The number of alkyl halides is 3. The lowest BCUT2D eigenvalue weighted by molar-refractivity contribution is -0.137. The van der Waals surface area contributed by atoms with Crippen molar-refractivity contribution in [2.24, 2.45) is 0 Å². The van der Waals surface area contributed by atoms with Crippen LogP contribution in [0.3, 0.4) is 0 Å². The average molecular weight is 298 g/mol. The Hall–Kier alpha value is -1.89. The fourth-order valence-corrected chi connectivity index (χ4v) is 1.64. The Kier molecular flexibility index (Phi) is 4.04. The van der Waals surface area contributed by atoms with E-state index in [1.807, 2.05) is 26.8 Å². The molecule has 0 aliphatic heterocycles. The van der Waals surface area contributed by atoms with E-state index in [-0.39, 0.29) is 5.54 Å². The van der Waals surface area contributed by atoms with Gasteiger partial charge in [0.15, 0.2) is 5.82 Å². The molecule has 0 aliphatic carbocycles. The van der Waals surface area contributed by atoms with Crippen LogP contribution in [-0.4, -0.2) is 20.3 Å². The number of hydrogen-bond acceptors (Lipinski definition) is 3. The number of nitrogens with one attached hydrogen (secondary N) is 1. The van der Waals surface area contributed by atoms with E-state index in [1.165, 1.54) is 0 Å². The zero-order valence-electron chi connectivity index (χ0n) is 12.1. The molecule has 0 amide bonds. The topological polar surface area (TPSA) is 42.7 Å². The molecule has 0 unspecified atom stereocenters. The molecule has 0 bridgehead atoms. The summed E-state index contributed by atoms with van der Waals surface area (Å²) in [4.78, 5) is 4.31. The Morgan fingerprint density at radius 3 is 2.48 bits per heavy atom. The summed E-state index contributed by atoms with van der Waals surface area (Å²) in [5, 5.41) is 6.99. The van der Waals surface area contributed by atoms with Crippen molar-refractivity contribution in [1.29, 1.82) is 0 Å². The molecule has 2 aromatic rings. The largest absolute Gasteiger partial charge is 0.419 e. The van der Waals surface area contributed by atoms with E-state index < -0.39 is 11.7 Å². The molecule has 0 spiro atoms. The van der Waals surface area contributed by atoms with Gasteiger partial charge in [-0.2, -0.15) is 18.3 Å². The van der Waals surface area contributed by atoms with Crippen LogP contribution in [0.25, 0.3) is 5.82 Å². The summed E-state index contributed by atoms with van der Waals surface area (Å²) in [6.45, 7) is 6.62. The highest BCUT2D eigenvalue weighted by atomic mass is 19.4. The normalized spacial score (nSPS) is 12.7. The van der Waals surface area contributed by atoms with E-state index in [2.05, 4.69) is 15.4 Å². The highest BCUT2D eigenvalue weighted by Gasteiger charge is 2.32. The summed E-state index contributed by atoms with van der Waals surface area (Å²) in [7, 11) is 0. The quantitative estimate of drug-likeness (QED) is 0.946. The van der Waals surface area contributed by atoms with Crippen LogP contribution in [0.1, 0.15) is 32.0 Å². The van der Waals surface area contributed by atoms with E-state index in [9.17, 15) is 13.2 Å². The molecule has 21 heavy (non-hydrogen) atoms. The maximum Gasteiger partial charge on any atom is 0.419 e. The lowest BCUT2D eigenvalue weighted by Gasteiger charge is -2.20. The van der Waals surface area contributed by atoms with Crippen LogP contribution in [0.2, 0.25) is 0 Å². The van der Waals surface area contributed by atoms with E-state index in [0.29, 0.717) is 12.4 Å². The van der Waals surface area contributed by atoms with Crippen molar-refractivity contribution in [2.45, 2.75) is 39.0 Å². The lowest BCUT2D eigenvalue weighted by Crippen LogP contribution is -2.35. The van der Waals surface area contributed by atoms with Gasteiger partial charge in [0.1, 0.15) is 0 Å². The van der Waals surface area contributed by atoms with Gasteiger partial charge in [-0.1, -0.05) is 6.07 Å². The summed E-state index contributed by atoms with van der Waals surface area (Å²) in [6.07, 6.45) is -2.67. The number of pyridine rings is 1. The van der Waals surface area contributed by atoms with Crippen LogP contribution >= 0.6 is 0 Å². The molecular formula is C14H17F3N4. The van der Waals surface area contributed by atoms with Gasteiger partial charge in [-0.05, 0) is 32.9 Å². The summed E-state index contributed by atoms with van der Waals surface area (Å²) in [6, 6.07) is 5.18. The minimum Gasteiger partial charge on any atom is -0.306 e. The number of nitrogens with zero attached hydrogens (tertiary/aromatic N) is 3. The maximum absolute atomic E-state index is 12.6. The highest BCUT2D eigenvalue weighted by molar-refractivity contribution is 5.25. The average Bonchev–Trinajstić information content (AvgIpc) is 2.85. The van der Waals surface area contributed by atoms with Crippen molar-refractivity contribution >= 4 is 0 Å². The van der Waals surface area contributed by atoms with Crippen LogP contribution in [-0.2, 0) is 12.7 Å². The molecule has 0 atom stereocenters. The van der Waals surface area contributed by atoms with Gasteiger partial charge in [-0.15, -0.1) is 0 Å². The van der Waals surface area contributed by atoms with Crippen LogP contribution in [0.15, 0.2) is 30.6 Å². The summed E-state index contributed by atoms with van der Waals surface area (Å²) in [5.74, 6) is 0.360. The predicted octanol–water partition coefficient (Wildman–Crippen LogP) is 3.17. The number of rotatable bonds is 3. The second kappa shape index (κ2) is 5.48. The molecule has 7 heteroatoms. The monoisotopic (exact) mass is 298 g/mol. The van der Waals surface area contributed by atoms with Crippen LogP contribution in [0.5, 0.6) is 0 Å². The lowest BCUT2D eigenvalue weighted by atomic mass is 10.1. The Labute approximate surface area is 121 Å². The Morgan fingerprint density at radius 2 is 1.90 bits per heavy atom. The van der Waals surface area contributed by atoms with Crippen molar-refractivity contribution in [2.75, 3.05) is 0 Å². The molecule has 0 fully saturated rings. The first-order chi connectivity index (χ1) is 9.65. The molecule has 1 N–H and O–H groups in total. The number of halogens is 3. The molecule has 2 heterocycles. The predicted molar refractivity (Wildman–Crippen MR) is 73.0 cm³/mol. The van der Waals surface area contributed by atoms with E-state index in [4.69, 9.17) is 0 Å². The third kappa shape index (κ3) is 4.29. The van der Waals surface area contributed by atoms with Gasteiger partial charge in [0.05, 0.1) is 17.5 Å². The molecule has 0 saturated heterocycles. The van der Waals surface area contributed by atoms with Crippen molar-refractivity contribution in [3.8, 4) is 5.82 Å². The minimum absolute atomic E-state index is 0.0627. The van der Waals surface area contributed by atoms with Crippen molar-refractivity contribution in [3.05, 3.63) is 41.9 Å². The van der Waals surface area contributed by atoms with Crippen LogP contribution < -0.4 is 5.32 Å². The second-order valence-electron chi connectivity index (χ2n) is 5.76. The van der Waals surface area contributed by atoms with Gasteiger partial charge < -0.3 is 5.32 Å². The van der Waals surface area contributed by atoms with Gasteiger partial charge in [0.2, 0.25) is 0 Å². The standard InChI is InChI=1S/C14H17F3N4/c1-13(2,3)18-8-11-5-4-6-12(20-11)21-9-10(7-19-21)14(15,16)17/h4-7,9,18H,8H2,1-3H3. The third-order valence-electron chi connectivity index (χ3n) is 2.74. The first-order valence-corrected chi connectivity index (χ1v) is 6.48. The Morgan fingerprint density at radius 1 is 1.19 bits per heavy atom. The van der Waals surface area contributed by atoms with Crippen LogP contribution in [0, 0.1) is 0 Å². The summed E-state index contributed by atoms with van der Waals surface area (Å²) in [5.41, 5.74) is -0.110. The third-order valence-corrected chi connectivity index (χ3v) is 2.74. The number of aromatic nitrogens is 3. The molecule has 0 radical (unpaired) electrons. The fourth-order valence-electron chi connectivity index (χ4n) is 1.64. The Balaban J connectivity index is 2.19. The van der Waals surface area contributed by atoms with E-state index >= 15 is 0 Å². The molecular weight excluding hydrogens is 281 g/mol. The van der Waals surface area contributed by atoms with Gasteiger partial charge in [-0.3, -0.25) is 0 Å². The van der Waals surface area contributed by atoms with Crippen molar-refractivity contribution < 1.29 is 13.2 Å².